The van der Waals surface area contributed by atoms with Gasteiger partial charge in [0.1, 0.15) is 11.2 Å². The topological polar surface area (TPSA) is 20.3 Å². The van der Waals surface area contributed by atoms with Crippen LogP contribution in [0.4, 0.5) is 10.1 Å². The monoisotopic (exact) mass is 307 g/mol. The van der Waals surface area contributed by atoms with Gasteiger partial charge in [-0.3, -0.25) is 9.69 Å². The Morgan fingerprint density at radius 2 is 1.85 bits per heavy atom. The fourth-order valence-electron chi connectivity index (χ4n) is 2.21. The summed E-state index contributed by atoms with van der Waals surface area (Å²) in [6.07, 6.45) is 0. The number of carbonyl (C=O) groups excluding carboxylic acids is 1. The highest BCUT2D eigenvalue weighted by atomic mass is 35.5. The van der Waals surface area contributed by atoms with Gasteiger partial charge in [0.05, 0.1) is 11.4 Å². The van der Waals surface area contributed by atoms with Crippen LogP contribution in [-0.4, -0.2) is 11.7 Å². The molecule has 2 aromatic carbocycles. The van der Waals surface area contributed by atoms with Gasteiger partial charge in [0.15, 0.2) is 0 Å². The summed E-state index contributed by atoms with van der Waals surface area (Å²) in [7, 11) is 0. The second kappa shape index (κ2) is 5.46. The number of rotatable bonds is 2. The van der Waals surface area contributed by atoms with Crippen LogP contribution < -0.4 is 4.90 Å². The Labute approximate surface area is 125 Å². The van der Waals surface area contributed by atoms with Crippen molar-refractivity contribution in [3.8, 4) is 0 Å². The molecule has 1 saturated heterocycles. The van der Waals surface area contributed by atoms with Gasteiger partial charge in [0, 0.05) is 5.02 Å². The lowest BCUT2D eigenvalue weighted by Gasteiger charge is -2.24. The summed E-state index contributed by atoms with van der Waals surface area (Å²) in [6, 6.07) is 13.6. The van der Waals surface area contributed by atoms with Crippen LogP contribution in [0.5, 0.6) is 0 Å². The van der Waals surface area contributed by atoms with E-state index in [1.807, 2.05) is 12.1 Å². The van der Waals surface area contributed by atoms with E-state index in [9.17, 15) is 9.18 Å². The molecule has 3 rings (SSSR count). The third-order valence-corrected chi connectivity index (χ3v) is 4.60. The third-order valence-electron chi connectivity index (χ3n) is 3.14. The molecule has 0 spiro atoms. The van der Waals surface area contributed by atoms with E-state index in [2.05, 4.69) is 0 Å². The number of para-hydroxylation sites is 1. The molecule has 2 nitrogen and oxygen atoms in total. The molecule has 1 amide bonds. The Kier molecular flexibility index (Phi) is 3.68. The van der Waals surface area contributed by atoms with Gasteiger partial charge >= 0.3 is 0 Å². The normalized spacial score (nSPS) is 18.6. The van der Waals surface area contributed by atoms with Crippen LogP contribution in [-0.2, 0) is 4.79 Å². The second-order valence-corrected chi connectivity index (χ2v) is 5.94. The highest BCUT2D eigenvalue weighted by molar-refractivity contribution is 8.00. The van der Waals surface area contributed by atoms with Gasteiger partial charge in [-0.25, -0.2) is 4.39 Å². The molecule has 20 heavy (non-hydrogen) atoms. The van der Waals surface area contributed by atoms with Crippen molar-refractivity contribution in [2.75, 3.05) is 10.7 Å². The summed E-state index contributed by atoms with van der Waals surface area (Å²) in [4.78, 5) is 13.6. The van der Waals surface area contributed by atoms with Gasteiger partial charge in [0.25, 0.3) is 0 Å². The summed E-state index contributed by atoms with van der Waals surface area (Å²) >= 11 is 7.37. The first-order valence-electron chi connectivity index (χ1n) is 6.10. The Hall–Kier alpha value is -1.52. The Balaban J connectivity index is 2.01. The quantitative estimate of drug-likeness (QED) is 0.826. The molecule has 0 N–H and O–H groups in total. The maximum absolute atomic E-state index is 13.9. The smallest absolute Gasteiger partial charge is 0.238 e. The van der Waals surface area contributed by atoms with Gasteiger partial charge in [0.2, 0.25) is 5.91 Å². The molecular formula is C15H11ClFNOS. The predicted molar refractivity (Wildman–Crippen MR) is 80.5 cm³/mol. The highest BCUT2D eigenvalue weighted by Crippen LogP contribution is 2.42. The maximum Gasteiger partial charge on any atom is 0.238 e. The zero-order valence-electron chi connectivity index (χ0n) is 10.4. The largest absolute Gasteiger partial charge is 0.292 e. The second-order valence-electron chi connectivity index (χ2n) is 4.43. The lowest BCUT2D eigenvalue weighted by molar-refractivity contribution is -0.115. The number of carbonyl (C=O) groups is 1. The molecule has 1 atom stereocenters. The molecule has 1 fully saturated rings. The lowest BCUT2D eigenvalue weighted by Crippen LogP contribution is -2.28. The summed E-state index contributed by atoms with van der Waals surface area (Å²) < 4.78 is 13.9. The average molecular weight is 308 g/mol. The molecule has 1 aliphatic heterocycles. The molecule has 1 heterocycles. The van der Waals surface area contributed by atoms with Crippen molar-refractivity contribution in [2.45, 2.75) is 5.37 Å². The van der Waals surface area contributed by atoms with E-state index in [4.69, 9.17) is 11.6 Å². The van der Waals surface area contributed by atoms with Crippen LogP contribution in [0.1, 0.15) is 10.9 Å². The Morgan fingerprint density at radius 1 is 1.15 bits per heavy atom. The molecule has 5 heteroatoms. The summed E-state index contributed by atoms with van der Waals surface area (Å²) in [5, 5.41) is 0.428. The fourth-order valence-corrected chi connectivity index (χ4v) is 3.50. The van der Waals surface area contributed by atoms with Crippen LogP contribution in [0, 0.1) is 5.82 Å². The first-order valence-corrected chi connectivity index (χ1v) is 7.53. The molecule has 1 unspecified atom stereocenters. The maximum atomic E-state index is 13.9. The van der Waals surface area contributed by atoms with Crippen molar-refractivity contribution in [3.63, 3.8) is 0 Å². The van der Waals surface area contributed by atoms with Gasteiger partial charge in [-0.05, 0) is 29.8 Å². The van der Waals surface area contributed by atoms with Gasteiger partial charge in [-0.1, -0.05) is 35.9 Å². The predicted octanol–water partition coefficient (Wildman–Crippen LogP) is 4.26. The standard InChI is InChI=1S/C15H11ClFNOS/c16-11-7-5-10(6-8-11)15-18(14(19)9-20-15)13-4-2-1-3-12(13)17/h1-8,15H,9H2. The van der Waals surface area contributed by atoms with E-state index >= 15 is 0 Å². The number of benzene rings is 2. The van der Waals surface area contributed by atoms with Crippen molar-refractivity contribution < 1.29 is 9.18 Å². The number of nitrogens with zero attached hydrogens (tertiary/aromatic N) is 1. The van der Waals surface area contributed by atoms with Crippen molar-refractivity contribution in [2.24, 2.45) is 0 Å². The van der Waals surface area contributed by atoms with Crippen LogP contribution in [0.3, 0.4) is 0 Å². The molecule has 0 bridgehead atoms. The van der Waals surface area contributed by atoms with Crippen LogP contribution in [0.2, 0.25) is 5.02 Å². The number of hydrogen-bond acceptors (Lipinski definition) is 2. The highest BCUT2D eigenvalue weighted by Gasteiger charge is 2.35. The first-order chi connectivity index (χ1) is 9.66. The zero-order valence-corrected chi connectivity index (χ0v) is 12.0. The molecule has 0 radical (unpaired) electrons. The number of amides is 1. The number of thioether (sulfide) groups is 1. The van der Waals surface area contributed by atoms with E-state index in [1.54, 1.807) is 30.3 Å². The van der Waals surface area contributed by atoms with E-state index < -0.39 is 0 Å². The lowest BCUT2D eigenvalue weighted by atomic mass is 10.2. The van der Waals surface area contributed by atoms with E-state index in [1.165, 1.54) is 22.7 Å². The molecule has 0 aromatic heterocycles. The van der Waals surface area contributed by atoms with Crippen molar-refractivity contribution in [1.82, 2.24) is 0 Å². The van der Waals surface area contributed by atoms with Crippen molar-refractivity contribution >= 4 is 35.0 Å². The zero-order chi connectivity index (χ0) is 14.1. The van der Waals surface area contributed by atoms with Crippen LogP contribution in [0.15, 0.2) is 48.5 Å². The number of hydrogen-bond donors (Lipinski definition) is 0. The minimum absolute atomic E-state index is 0.0833. The van der Waals surface area contributed by atoms with Crippen LogP contribution >= 0.6 is 23.4 Å². The third kappa shape index (κ3) is 2.41. The molecule has 102 valence electrons. The minimum atomic E-state index is -0.387. The average Bonchev–Trinajstić information content (AvgIpc) is 2.82. The molecule has 1 aliphatic rings. The summed E-state index contributed by atoms with van der Waals surface area (Å²) in [5.74, 6) is -0.121. The van der Waals surface area contributed by atoms with E-state index in [0.29, 0.717) is 16.5 Å². The Morgan fingerprint density at radius 3 is 2.55 bits per heavy atom. The fraction of sp³-hybridized carbons (Fsp3) is 0.133. The van der Waals surface area contributed by atoms with Gasteiger partial charge < -0.3 is 0 Å². The van der Waals surface area contributed by atoms with Crippen LogP contribution in [0.25, 0.3) is 0 Å². The molecule has 2 aromatic rings. The minimum Gasteiger partial charge on any atom is -0.292 e. The molecular weight excluding hydrogens is 297 g/mol. The molecule has 0 saturated carbocycles. The first kappa shape index (κ1) is 13.5. The summed E-state index contributed by atoms with van der Waals surface area (Å²) in [6.45, 7) is 0. The van der Waals surface area contributed by atoms with Crippen molar-refractivity contribution in [1.29, 1.82) is 0 Å². The summed E-state index contributed by atoms with van der Waals surface area (Å²) in [5.41, 5.74) is 1.26. The molecule has 0 aliphatic carbocycles. The van der Waals surface area contributed by atoms with Gasteiger partial charge in [-0.15, -0.1) is 11.8 Å². The van der Waals surface area contributed by atoms with Gasteiger partial charge in [-0.2, -0.15) is 0 Å². The SMILES string of the molecule is O=C1CSC(c2ccc(Cl)cc2)N1c1ccccc1F. The van der Waals surface area contributed by atoms with Crippen molar-refractivity contribution in [3.05, 3.63) is 64.9 Å². The van der Waals surface area contributed by atoms with E-state index in [0.717, 1.165) is 5.56 Å². The number of halogens is 2. The number of anilines is 1. The van der Waals surface area contributed by atoms with E-state index in [-0.39, 0.29) is 17.1 Å². The Bertz CT molecular complexity index is 647.